The van der Waals surface area contributed by atoms with Crippen molar-refractivity contribution in [3.8, 4) is 0 Å². The third-order valence-electron chi connectivity index (χ3n) is 3.62. The van der Waals surface area contributed by atoms with E-state index in [1.807, 2.05) is 0 Å². The molecule has 0 bridgehead atoms. The monoisotopic (exact) mass is 352 g/mol. The van der Waals surface area contributed by atoms with Gasteiger partial charge in [0, 0.05) is 23.9 Å². The van der Waals surface area contributed by atoms with E-state index in [0.29, 0.717) is 6.07 Å². The van der Waals surface area contributed by atoms with E-state index in [1.165, 1.54) is 6.07 Å². The maximum Gasteiger partial charge on any atom is 0.323 e. The van der Waals surface area contributed by atoms with Crippen molar-refractivity contribution in [2.45, 2.75) is 18.1 Å². The van der Waals surface area contributed by atoms with Crippen molar-refractivity contribution in [3.63, 3.8) is 0 Å². The highest BCUT2D eigenvalue weighted by atomic mass is 19.3. The number of pyridine rings is 1. The van der Waals surface area contributed by atoms with E-state index in [0.717, 1.165) is 35.4 Å². The number of nitrogens with zero attached hydrogens (tertiary/aromatic N) is 5. The summed E-state index contributed by atoms with van der Waals surface area (Å²) in [5.41, 5.74) is -4.76. The highest BCUT2D eigenvalue weighted by Crippen LogP contribution is 2.46. The van der Waals surface area contributed by atoms with Crippen molar-refractivity contribution >= 4 is 0 Å². The summed E-state index contributed by atoms with van der Waals surface area (Å²) in [6.45, 7) is -0.893. The van der Waals surface area contributed by atoms with Gasteiger partial charge in [-0.3, -0.25) is 4.98 Å². The Hall–Kier alpha value is -2.88. The molecule has 0 saturated carbocycles. The van der Waals surface area contributed by atoms with Crippen LogP contribution in [-0.4, -0.2) is 30.3 Å². The van der Waals surface area contributed by atoms with Gasteiger partial charge in [0.15, 0.2) is 5.60 Å². The predicted molar refractivity (Wildman–Crippen MR) is 75.0 cm³/mol. The molecule has 1 N–H and O–H groups in total. The number of alkyl halides is 2. The molecule has 0 aliphatic rings. The molecular weight excluding hydrogens is 342 g/mol. The van der Waals surface area contributed by atoms with Crippen LogP contribution in [0.3, 0.4) is 0 Å². The SMILES string of the molecule is OC(Cn1cnnn1)(c1ccc(F)cc1F)C(F)(F)c1cc[c]cn1. The molecule has 1 radical (unpaired) electrons. The fourth-order valence-corrected chi connectivity index (χ4v) is 2.38. The summed E-state index contributed by atoms with van der Waals surface area (Å²) in [5, 5.41) is 20.8. The second kappa shape index (κ2) is 6.20. The lowest BCUT2D eigenvalue weighted by Gasteiger charge is -2.35. The van der Waals surface area contributed by atoms with Gasteiger partial charge in [0.25, 0.3) is 0 Å². The highest BCUT2D eigenvalue weighted by molar-refractivity contribution is 5.30. The number of hydrogen-bond donors (Lipinski definition) is 1. The predicted octanol–water partition coefficient (Wildman–Crippen LogP) is 1.83. The summed E-state index contributed by atoms with van der Waals surface area (Å²) < 4.78 is 58.4. The Labute approximate surface area is 138 Å². The van der Waals surface area contributed by atoms with Gasteiger partial charge in [-0.15, -0.1) is 5.10 Å². The summed E-state index contributed by atoms with van der Waals surface area (Å²) in [6, 6.07) is 6.51. The first-order valence-corrected chi connectivity index (χ1v) is 6.93. The molecule has 0 saturated heterocycles. The van der Waals surface area contributed by atoms with Crippen LogP contribution in [0.4, 0.5) is 17.6 Å². The van der Waals surface area contributed by atoms with Crippen LogP contribution in [0.2, 0.25) is 0 Å². The zero-order valence-corrected chi connectivity index (χ0v) is 12.4. The van der Waals surface area contributed by atoms with Gasteiger partial charge in [0.1, 0.15) is 23.7 Å². The molecule has 0 aliphatic heterocycles. The highest BCUT2D eigenvalue weighted by Gasteiger charge is 2.57. The average molecular weight is 352 g/mol. The Morgan fingerprint density at radius 1 is 1.20 bits per heavy atom. The van der Waals surface area contributed by atoms with Crippen molar-refractivity contribution in [1.29, 1.82) is 0 Å². The molecule has 0 spiro atoms. The summed E-state index contributed by atoms with van der Waals surface area (Å²) in [7, 11) is 0. The van der Waals surface area contributed by atoms with E-state index in [1.54, 1.807) is 0 Å². The fourth-order valence-electron chi connectivity index (χ4n) is 2.38. The molecule has 6 nitrogen and oxygen atoms in total. The minimum atomic E-state index is -4.05. The first-order chi connectivity index (χ1) is 11.8. The molecule has 3 rings (SSSR count). The van der Waals surface area contributed by atoms with E-state index in [-0.39, 0.29) is 0 Å². The van der Waals surface area contributed by atoms with Crippen LogP contribution in [0.1, 0.15) is 11.3 Å². The fraction of sp³-hybridized carbons (Fsp3) is 0.200. The Kier molecular flexibility index (Phi) is 4.21. The van der Waals surface area contributed by atoms with Gasteiger partial charge in [0.2, 0.25) is 0 Å². The molecule has 0 aliphatic carbocycles. The van der Waals surface area contributed by atoms with E-state index in [9.17, 15) is 13.9 Å². The van der Waals surface area contributed by atoms with Gasteiger partial charge in [0.05, 0.1) is 6.54 Å². The van der Waals surface area contributed by atoms with Crippen molar-refractivity contribution in [3.05, 3.63) is 71.8 Å². The van der Waals surface area contributed by atoms with E-state index in [4.69, 9.17) is 0 Å². The van der Waals surface area contributed by atoms with E-state index < -0.39 is 41.0 Å². The Bertz CT molecular complexity index is 860. The molecule has 0 fully saturated rings. The molecule has 1 unspecified atom stereocenters. The number of benzene rings is 1. The second-order valence-corrected chi connectivity index (χ2v) is 5.21. The van der Waals surface area contributed by atoms with Crippen LogP contribution >= 0.6 is 0 Å². The molecule has 2 aromatic heterocycles. The number of tetrazole rings is 1. The van der Waals surface area contributed by atoms with Crippen LogP contribution in [0.15, 0.2) is 42.9 Å². The smallest absolute Gasteiger partial charge is 0.323 e. The van der Waals surface area contributed by atoms with Crippen molar-refractivity contribution in [1.82, 2.24) is 25.2 Å². The lowest BCUT2D eigenvalue weighted by Crippen LogP contribution is -2.48. The molecule has 0 amide bonds. The molecule has 25 heavy (non-hydrogen) atoms. The maximum atomic E-state index is 15.1. The average Bonchev–Trinajstić information content (AvgIpc) is 3.08. The van der Waals surface area contributed by atoms with Gasteiger partial charge in [-0.05, 0) is 28.6 Å². The van der Waals surface area contributed by atoms with Gasteiger partial charge >= 0.3 is 5.92 Å². The van der Waals surface area contributed by atoms with Gasteiger partial charge in [-0.2, -0.15) is 8.78 Å². The van der Waals surface area contributed by atoms with Crippen molar-refractivity contribution in [2.24, 2.45) is 0 Å². The van der Waals surface area contributed by atoms with Crippen LogP contribution in [0.5, 0.6) is 0 Å². The van der Waals surface area contributed by atoms with Gasteiger partial charge in [-0.1, -0.05) is 6.07 Å². The van der Waals surface area contributed by atoms with Gasteiger partial charge in [-0.25, -0.2) is 13.5 Å². The molecule has 129 valence electrons. The molecule has 3 aromatic rings. The third kappa shape index (κ3) is 2.95. The number of halogens is 4. The van der Waals surface area contributed by atoms with Crippen LogP contribution in [0, 0.1) is 17.7 Å². The lowest BCUT2D eigenvalue weighted by molar-refractivity contribution is -0.207. The lowest BCUT2D eigenvalue weighted by atomic mass is 9.84. The zero-order chi connectivity index (χ0) is 18.1. The molecule has 10 heteroatoms. The Morgan fingerprint density at radius 2 is 2.00 bits per heavy atom. The Morgan fingerprint density at radius 3 is 2.60 bits per heavy atom. The minimum Gasteiger partial charge on any atom is -0.377 e. The number of aromatic nitrogens is 5. The van der Waals surface area contributed by atoms with Crippen molar-refractivity contribution in [2.75, 3.05) is 0 Å². The summed E-state index contributed by atoms with van der Waals surface area (Å²) >= 11 is 0. The molecular formula is C15H10F4N5O. The van der Waals surface area contributed by atoms with E-state index >= 15 is 8.78 Å². The maximum absolute atomic E-state index is 15.1. The second-order valence-electron chi connectivity index (χ2n) is 5.21. The summed E-state index contributed by atoms with van der Waals surface area (Å²) in [4.78, 5) is 3.50. The first-order valence-electron chi connectivity index (χ1n) is 6.93. The zero-order valence-electron chi connectivity index (χ0n) is 12.4. The number of hydrogen-bond acceptors (Lipinski definition) is 5. The van der Waals surface area contributed by atoms with Crippen LogP contribution in [0.25, 0.3) is 0 Å². The van der Waals surface area contributed by atoms with Crippen molar-refractivity contribution < 1.29 is 22.7 Å². The standard InChI is InChI=1S/C15H10F4N5O/c16-10-4-5-11(12(17)7-10)14(25,8-24-9-21-22-23-24)15(18,19)13-3-1-2-6-20-13/h1,3-7,9,25H,8H2. The number of aliphatic hydroxyl groups is 1. The molecule has 1 aromatic carbocycles. The Balaban J connectivity index is 2.18. The topological polar surface area (TPSA) is 76.7 Å². The minimum absolute atomic E-state index is 0.405. The largest absolute Gasteiger partial charge is 0.377 e. The van der Waals surface area contributed by atoms with E-state index in [2.05, 4.69) is 26.6 Å². The molecule has 1 atom stereocenters. The molecule has 2 heterocycles. The first kappa shape index (κ1) is 17.0. The number of rotatable bonds is 5. The quantitative estimate of drug-likeness (QED) is 0.709. The van der Waals surface area contributed by atoms with Crippen LogP contribution in [-0.2, 0) is 18.1 Å². The summed E-state index contributed by atoms with van der Waals surface area (Å²) in [5.74, 6) is -6.35. The normalized spacial score (nSPS) is 14.3. The van der Waals surface area contributed by atoms with Crippen LogP contribution < -0.4 is 0 Å². The van der Waals surface area contributed by atoms with Gasteiger partial charge < -0.3 is 5.11 Å². The third-order valence-corrected chi connectivity index (χ3v) is 3.62. The summed E-state index contributed by atoms with van der Waals surface area (Å²) in [6.07, 6.45) is 1.97.